The lowest BCUT2D eigenvalue weighted by Crippen LogP contribution is -2.10. The molecule has 21 heavy (non-hydrogen) atoms. The second-order valence-corrected chi connectivity index (χ2v) is 6.77. The van der Waals surface area contributed by atoms with Crippen molar-refractivity contribution < 1.29 is 0 Å². The predicted molar refractivity (Wildman–Crippen MR) is 92.4 cm³/mol. The minimum Gasteiger partial charge on any atom is -0.382 e. The third-order valence-electron chi connectivity index (χ3n) is 4.82. The van der Waals surface area contributed by atoms with Gasteiger partial charge in [0.25, 0.3) is 0 Å². The van der Waals surface area contributed by atoms with Gasteiger partial charge < -0.3 is 5.73 Å². The Bertz CT molecular complexity index is 467. The lowest BCUT2D eigenvalue weighted by Gasteiger charge is -2.14. The number of hydrogen-bond acceptors (Lipinski definition) is 5. The molecule has 4 atom stereocenters. The molecule has 0 radical (unpaired) electrons. The first-order valence-electron chi connectivity index (χ1n) is 7.78. The normalized spacial score (nSPS) is 31.0. The summed E-state index contributed by atoms with van der Waals surface area (Å²) in [6.45, 7) is 6.09. The van der Waals surface area contributed by atoms with Crippen LogP contribution in [0.25, 0.3) is 0 Å². The molecule has 0 aromatic carbocycles. The van der Waals surface area contributed by atoms with Crippen LogP contribution in [0.2, 0.25) is 0 Å². The maximum Gasteiger partial charge on any atom is 0.153 e. The smallest absolute Gasteiger partial charge is 0.153 e. The van der Waals surface area contributed by atoms with Crippen molar-refractivity contribution in [2.45, 2.75) is 51.7 Å². The van der Waals surface area contributed by atoms with Crippen molar-refractivity contribution in [3.63, 3.8) is 0 Å². The van der Waals surface area contributed by atoms with Gasteiger partial charge in [-0.1, -0.05) is 13.3 Å². The molecule has 0 amide bonds. The SMILES string of the molecule is CC1CCC2C(S)CCC12.CC=Nc1c(C)ncnc1N. The number of anilines is 1. The van der Waals surface area contributed by atoms with Crippen molar-refractivity contribution in [1.29, 1.82) is 0 Å². The molecule has 3 rings (SSSR count). The molecule has 2 N–H and O–H groups in total. The molecule has 2 aliphatic carbocycles. The van der Waals surface area contributed by atoms with Crippen LogP contribution in [0, 0.1) is 24.7 Å². The Labute approximate surface area is 133 Å². The van der Waals surface area contributed by atoms with Gasteiger partial charge in [-0.3, -0.25) is 4.99 Å². The van der Waals surface area contributed by atoms with E-state index in [1.165, 1.54) is 32.0 Å². The van der Waals surface area contributed by atoms with Crippen molar-refractivity contribution in [1.82, 2.24) is 9.97 Å². The molecule has 1 aromatic heterocycles. The van der Waals surface area contributed by atoms with Crippen LogP contribution < -0.4 is 5.73 Å². The quantitative estimate of drug-likeness (QED) is 0.612. The largest absolute Gasteiger partial charge is 0.382 e. The van der Waals surface area contributed by atoms with Crippen molar-refractivity contribution in [2.24, 2.45) is 22.7 Å². The molecule has 0 bridgehead atoms. The molecule has 2 fully saturated rings. The maximum absolute atomic E-state index is 5.54. The molecule has 1 aromatic rings. The third kappa shape index (κ3) is 3.76. The average molecular weight is 306 g/mol. The van der Waals surface area contributed by atoms with Gasteiger partial charge in [-0.25, -0.2) is 9.97 Å². The fourth-order valence-corrected chi connectivity index (χ4v) is 4.15. The third-order valence-corrected chi connectivity index (χ3v) is 5.46. The van der Waals surface area contributed by atoms with E-state index in [9.17, 15) is 0 Å². The lowest BCUT2D eigenvalue weighted by molar-refractivity contribution is 0.379. The Hall–Kier alpha value is -1.10. The highest BCUT2D eigenvalue weighted by Gasteiger charge is 2.41. The van der Waals surface area contributed by atoms with E-state index in [1.807, 2.05) is 13.8 Å². The number of hydrogen-bond donors (Lipinski definition) is 2. The van der Waals surface area contributed by atoms with Gasteiger partial charge in [-0.15, -0.1) is 0 Å². The van der Waals surface area contributed by atoms with Crippen LogP contribution in [0.1, 0.15) is 45.2 Å². The fourth-order valence-electron chi connectivity index (χ4n) is 3.63. The molecular formula is C16H26N4S. The molecule has 0 spiro atoms. The summed E-state index contributed by atoms with van der Waals surface area (Å²) < 4.78 is 0. The number of nitrogens with two attached hydrogens (primary N) is 1. The lowest BCUT2D eigenvalue weighted by atomic mass is 9.94. The highest BCUT2D eigenvalue weighted by atomic mass is 32.1. The fraction of sp³-hybridized carbons (Fsp3) is 0.688. The highest BCUT2D eigenvalue weighted by molar-refractivity contribution is 7.81. The van der Waals surface area contributed by atoms with E-state index >= 15 is 0 Å². The first-order chi connectivity index (χ1) is 10.0. The molecule has 116 valence electrons. The zero-order valence-electron chi connectivity index (χ0n) is 13.2. The number of nitrogen functional groups attached to an aromatic ring is 1. The first kappa shape index (κ1) is 16.3. The summed E-state index contributed by atoms with van der Waals surface area (Å²) in [4.78, 5) is 11.8. The minimum atomic E-state index is 0.426. The number of nitrogens with zero attached hydrogens (tertiary/aromatic N) is 3. The van der Waals surface area contributed by atoms with Gasteiger partial charge in [0.05, 0.1) is 5.69 Å². The van der Waals surface area contributed by atoms with Gasteiger partial charge in [-0.2, -0.15) is 12.6 Å². The van der Waals surface area contributed by atoms with Crippen LogP contribution in [-0.4, -0.2) is 21.4 Å². The van der Waals surface area contributed by atoms with Crippen LogP contribution >= 0.6 is 12.6 Å². The molecule has 0 saturated heterocycles. The van der Waals surface area contributed by atoms with E-state index in [-0.39, 0.29) is 0 Å². The zero-order valence-corrected chi connectivity index (χ0v) is 14.1. The minimum absolute atomic E-state index is 0.426. The molecule has 4 nitrogen and oxygen atoms in total. The van der Waals surface area contributed by atoms with Crippen molar-refractivity contribution in [3.05, 3.63) is 12.0 Å². The van der Waals surface area contributed by atoms with E-state index in [1.54, 1.807) is 6.21 Å². The summed E-state index contributed by atoms with van der Waals surface area (Å²) in [6.07, 6.45) is 8.86. The van der Waals surface area contributed by atoms with Crippen LogP contribution in [0.5, 0.6) is 0 Å². The van der Waals surface area contributed by atoms with Crippen LogP contribution in [-0.2, 0) is 0 Å². The standard InChI is InChI=1S/C9H16S.C7H10N4/c1-6-2-3-8-7(6)4-5-9(8)10;1-3-9-6-5(2)10-4-11-7(6)8/h6-10H,2-5H2,1H3;3-4H,1-2H3,(H2,8,10,11). The Balaban J connectivity index is 0.000000154. The number of aliphatic imine (C=N–C) groups is 1. The van der Waals surface area contributed by atoms with Crippen molar-refractivity contribution in [3.8, 4) is 0 Å². The Kier molecular flexibility index (Phi) is 5.62. The van der Waals surface area contributed by atoms with Gasteiger partial charge >= 0.3 is 0 Å². The average Bonchev–Trinajstić information content (AvgIpc) is 3.00. The zero-order chi connectivity index (χ0) is 15.4. The monoisotopic (exact) mass is 306 g/mol. The molecule has 5 heteroatoms. The number of thiol groups is 1. The summed E-state index contributed by atoms with van der Waals surface area (Å²) >= 11 is 4.61. The number of rotatable bonds is 1. The van der Waals surface area contributed by atoms with E-state index in [2.05, 4.69) is 34.5 Å². The molecule has 0 aliphatic heterocycles. The van der Waals surface area contributed by atoms with Gasteiger partial charge in [0.15, 0.2) is 5.82 Å². The Morgan fingerprint density at radius 1 is 1.24 bits per heavy atom. The summed E-state index contributed by atoms with van der Waals surface area (Å²) in [7, 11) is 0. The molecular weight excluding hydrogens is 280 g/mol. The molecule has 2 aliphatic rings. The summed E-state index contributed by atoms with van der Waals surface area (Å²) in [5, 5.41) is 0.745. The second kappa shape index (κ2) is 7.25. The topological polar surface area (TPSA) is 64.2 Å². The van der Waals surface area contributed by atoms with E-state index in [4.69, 9.17) is 5.73 Å². The van der Waals surface area contributed by atoms with Crippen LogP contribution in [0.4, 0.5) is 11.5 Å². The number of fused-ring (bicyclic) bond motifs is 1. The van der Waals surface area contributed by atoms with Crippen molar-refractivity contribution >= 4 is 30.3 Å². The number of aryl methyl sites for hydroxylation is 1. The van der Waals surface area contributed by atoms with Gasteiger partial charge in [0.2, 0.25) is 0 Å². The summed E-state index contributed by atoms with van der Waals surface area (Å²) in [6, 6.07) is 0. The Morgan fingerprint density at radius 2 is 1.95 bits per heavy atom. The van der Waals surface area contributed by atoms with E-state index in [0.717, 1.165) is 28.7 Å². The summed E-state index contributed by atoms with van der Waals surface area (Å²) in [5.74, 6) is 3.46. The van der Waals surface area contributed by atoms with Gasteiger partial charge in [-0.05, 0) is 50.9 Å². The van der Waals surface area contributed by atoms with Gasteiger partial charge in [0, 0.05) is 11.5 Å². The van der Waals surface area contributed by atoms with Crippen LogP contribution in [0.3, 0.4) is 0 Å². The molecule has 1 heterocycles. The molecule has 4 unspecified atom stereocenters. The number of aromatic nitrogens is 2. The Morgan fingerprint density at radius 3 is 2.57 bits per heavy atom. The molecule has 2 saturated carbocycles. The predicted octanol–water partition coefficient (Wildman–Crippen LogP) is 3.83. The van der Waals surface area contributed by atoms with Gasteiger partial charge in [0.1, 0.15) is 12.0 Å². The summed E-state index contributed by atoms with van der Waals surface area (Å²) in [5.41, 5.74) is 7.01. The highest BCUT2D eigenvalue weighted by Crippen LogP contribution is 2.49. The van der Waals surface area contributed by atoms with Crippen molar-refractivity contribution in [2.75, 3.05) is 5.73 Å². The van der Waals surface area contributed by atoms with E-state index in [0.29, 0.717) is 11.5 Å². The first-order valence-corrected chi connectivity index (χ1v) is 8.30. The maximum atomic E-state index is 5.54. The van der Waals surface area contributed by atoms with E-state index < -0.39 is 0 Å². The second-order valence-electron chi connectivity index (χ2n) is 6.11. The van der Waals surface area contributed by atoms with Crippen LogP contribution in [0.15, 0.2) is 11.3 Å².